The van der Waals surface area contributed by atoms with Crippen LogP contribution in [0, 0.1) is 5.92 Å². The highest BCUT2D eigenvalue weighted by Crippen LogP contribution is 2.33. The zero-order valence-electron chi connectivity index (χ0n) is 12.6. The first-order chi connectivity index (χ1) is 9.65. The van der Waals surface area contributed by atoms with Gasteiger partial charge < -0.3 is 14.6 Å². The second kappa shape index (κ2) is 6.95. The molecule has 2 rings (SSSR count). The van der Waals surface area contributed by atoms with Crippen molar-refractivity contribution in [2.45, 2.75) is 25.8 Å². The maximum Gasteiger partial charge on any atom is 0.124 e. The van der Waals surface area contributed by atoms with Crippen LogP contribution >= 0.6 is 0 Å². The molecule has 0 bridgehead atoms. The van der Waals surface area contributed by atoms with Crippen LogP contribution in [-0.4, -0.2) is 43.9 Å². The first-order valence-corrected chi connectivity index (χ1v) is 7.25. The lowest BCUT2D eigenvalue weighted by Gasteiger charge is -2.37. The number of nitrogens with zero attached hydrogens (tertiary/aromatic N) is 1. The number of ether oxygens (including phenoxy) is 2. The number of rotatable bonds is 5. The summed E-state index contributed by atoms with van der Waals surface area (Å²) in [6.07, 6.45) is 2.42. The van der Waals surface area contributed by atoms with Crippen molar-refractivity contribution in [2.24, 2.45) is 5.92 Å². The molecule has 1 aliphatic heterocycles. The Morgan fingerprint density at radius 2 is 2.20 bits per heavy atom. The fourth-order valence-electron chi connectivity index (χ4n) is 3.02. The normalized spacial score (nSPS) is 21.6. The number of methoxy groups -OCH3 is 2. The number of phenolic OH excluding ortho intramolecular Hbond substituents is 1. The van der Waals surface area contributed by atoms with E-state index in [0.717, 1.165) is 25.3 Å². The molecule has 1 heterocycles. The van der Waals surface area contributed by atoms with Crippen LogP contribution in [0.5, 0.6) is 11.5 Å². The minimum absolute atomic E-state index is 0.209. The van der Waals surface area contributed by atoms with Crippen LogP contribution in [0.1, 0.15) is 31.4 Å². The Kier molecular flexibility index (Phi) is 5.26. The van der Waals surface area contributed by atoms with Crippen molar-refractivity contribution in [1.29, 1.82) is 0 Å². The first kappa shape index (κ1) is 15.1. The maximum atomic E-state index is 10.2. The summed E-state index contributed by atoms with van der Waals surface area (Å²) in [7, 11) is 3.37. The lowest BCUT2D eigenvalue weighted by Crippen LogP contribution is -2.38. The average molecular weight is 279 g/mol. The summed E-state index contributed by atoms with van der Waals surface area (Å²) in [5, 5.41) is 10.2. The predicted octanol–water partition coefficient (Wildman–Crippen LogP) is 2.82. The highest BCUT2D eigenvalue weighted by molar-refractivity contribution is 5.41. The number of hydrogen-bond donors (Lipinski definition) is 1. The second-order valence-electron chi connectivity index (χ2n) is 5.56. The van der Waals surface area contributed by atoms with Gasteiger partial charge in [0.05, 0.1) is 13.7 Å². The van der Waals surface area contributed by atoms with Crippen LogP contribution in [-0.2, 0) is 4.74 Å². The molecule has 1 N–H and O–H groups in total. The zero-order valence-corrected chi connectivity index (χ0v) is 12.6. The molecule has 0 spiro atoms. The van der Waals surface area contributed by atoms with Crippen molar-refractivity contribution in [3.05, 3.63) is 23.8 Å². The average Bonchev–Trinajstić information content (AvgIpc) is 2.47. The van der Waals surface area contributed by atoms with Crippen LogP contribution < -0.4 is 4.74 Å². The van der Waals surface area contributed by atoms with Gasteiger partial charge in [0.25, 0.3) is 0 Å². The fourth-order valence-corrected chi connectivity index (χ4v) is 3.02. The summed E-state index contributed by atoms with van der Waals surface area (Å²) in [6, 6.07) is 5.75. The quantitative estimate of drug-likeness (QED) is 0.900. The maximum absolute atomic E-state index is 10.2. The van der Waals surface area contributed by atoms with Gasteiger partial charge in [0.2, 0.25) is 0 Å². The van der Waals surface area contributed by atoms with E-state index < -0.39 is 0 Å². The van der Waals surface area contributed by atoms with Crippen LogP contribution in [0.25, 0.3) is 0 Å². The lowest BCUT2D eigenvalue weighted by atomic mass is 9.95. The van der Waals surface area contributed by atoms with Gasteiger partial charge in [-0.25, -0.2) is 0 Å². The van der Waals surface area contributed by atoms with E-state index in [1.54, 1.807) is 20.3 Å². The van der Waals surface area contributed by atoms with E-state index in [1.165, 1.54) is 12.8 Å². The van der Waals surface area contributed by atoms with E-state index >= 15 is 0 Å². The third-order valence-corrected chi connectivity index (χ3v) is 4.19. The van der Waals surface area contributed by atoms with Crippen molar-refractivity contribution < 1.29 is 14.6 Å². The molecule has 1 aromatic carbocycles. The van der Waals surface area contributed by atoms with Crippen molar-refractivity contribution in [1.82, 2.24) is 4.90 Å². The molecule has 1 saturated heterocycles. The first-order valence-electron chi connectivity index (χ1n) is 7.25. The molecule has 20 heavy (non-hydrogen) atoms. The molecule has 0 aromatic heterocycles. The van der Waals surface area contributed by atoms with E-state index in [1.807, 2.05) is 12.1 Å². The van der Waals surface area contributed by atoms with E-state index in [9.17, 15) is 5.11 Å². The van der Waals surface area contributed by atoms with E-state index in [4.69, 9.17) is 9.47 Å². The van der Waals surface area contributed by atoms with Crippen molar-refractivity contribution in [2.75, 3.05) is 33.9 Å². The smallest absolute Gasteiger partial charge is 0.124 e. The molecule has 1 fully saturated rings. The number of phenols is 1. The highest BCUT2D eigenvalue weighted by atomic mass is 16.5. The molecule has 0 aliphatic carbocycles. The molecule has 2 unspecified atom stereocenters. The van der Waals surface area contributed by atoms with Crippen molar-refractivity contribution in [3.8, 4) is 11.5 Å². The van der Waals surface area contributed by atoms with E-state index in [-0.39, 0.29) is 6.04 Å². The molecule has 112 valence electrons. The summed E-state index contributed by atoms with van der Waals surface area (Å²) in [5.74, 6) is 1.59. The van der Waals surface area contributed by atoms with Gasteiger partial charge in [-0.3, -0.25) is 4.90 Å². The standard InChI is InChI=1S/C16H25NO3/c1-12(15-7-6-14(20-3)9-16(15)18)17-8-4-5-13(10-17)11-19-2/h6-7,9,12-13,18H,4-5,8,10-11H2,1-3H3. The third-order valence-electron chi connectivity index (χ3n) is 4.19. The van der Waals surface area contributed by atoms with Gasteiger partial charge in [-0.2, -0.15) is 0 Å². The number of hydrogen-bond acceptors (Lipinski definition) is 4. The van der Waals surface area contributed by atoms with Gasteiger partial charge in [0.1, 0.15) is 11.5 Å². The van der Waals surface area contributed by atoms with E-state index in [2.05, 4.69) is 11.8 Å². The predicted molar refractivity (Wildman–Crippen MR) is 79.2 cm³/mol. The molecule has 4 heteroatoms. The van der Waals surface area contributed by atoms with Gasteiger partial charge in [0, 0.05) is 31.3 Å². The van der Waals surface area contributed by atoms with Gasteiger partial charge in [-0.15, -0.1) is 0 Å². The van der Waals surface area contributed by atoms with E-state index in [0.29, 0.717) is 17.4 Å². The number of likely N-dealkylation sites (tertiary alicyclic amines) is 1. The number of aromatic hydroxyl groups is 1. The van der Waals surface area contributed by atoms with Crippen LogP contribution in [0.3, 0.4) is 0 Å². The number of piperidine rings is 1. The third kappa shape index (κ3) is 3.44. The fraction of sp³-hybridized carbons (Fsp3) is 0.625. The summed E-state index contributed by atoms with van der Waals surface area (Å²) in [6.45, 7) is 5.07. The van der Waals surface area contributed by atoms with Crippen LogP contribution in [0.2, 0.25) is 0 Å². The molecule has 0 amide bonds. The molecule has 1 aliphatic rings. The van der Waals surface area contributed by atoms with Crippen LogP contribution in [0.4, 0.5) is 0 Å². The van der Waals surface area contributed by atoms with Gasteiger partial charge >= 0.3 is 0 Å². The summed E-state index contributed by atoms with van der Waals surface area (Å²) in [4.78, 5) is 2.43. The monoisotopic (exact) mass is 279 g/mol. The molecule has 4 nitrogen and oxygen atoms in total. The Balaban J connectivity index is 2.08. The lowest BCUT2D eigenvalue weighted by molar-refractivity contribution is 0.0715. The number of benzene rings is 1. The molecule has 0 saturated carbocycles. The molecule has 1 aromatic rings. The highest BCUT2D eigenvalue weighted by Gasteiger charge is 2.25. The molecular weight excluding hydrogens is 254 g/mol. The topological polar surface area (TPSA) is 41.9 Å². The Bertz CT molecular complexity index is 434. The van der Waals surface area contributed by atoms with Crippen LogP contribution in [0.15, 0.2) is 18.2 Å². The minimum atomic E-state index is 0.209. The largest absolute Gasteiger partial charge is 0.507 e. The SMILES string of the molecule is COCC1CCCN(C(C)c2ccc(OC)cc2O)C1. The summed E-state index contributed by atoms with van der Waals surface area (Å²) < 4.78 is 10.4. The summed E-state index contributed by atoms with van der Waals surface area (Å²) >= 11 is 0. The minimum Gasteiger partial charge on any atom is -0.507 e. The Labute approximate surface area is 121 Å². The molecule has 0 radical (unpaired) electrons. The van der Waals surface area contributed by atoms with Gasteiger partial charge in [-0.1, -0.05) is 6.07 Å². The van der Waals surface area contributed by atoms with Crippen molar-refractivity contribution >= 4 is 0 Å². The zero-order chi connectivity index (χ0) is 14.5. The summed E-state index contributed by atoms with van der Waals surface area (Å²) in [5.41, 5.74) is 0.962. The second-order valence-corrected chi connectivity index (χ2v) is 5.56. The Hall–Kier alpha value is -1.26. The Morgan fingerprint density at radius 1 is 1.40 bits per heavy atom. The molecule has 2 atom stereocenters. The molecular formula is C16H25NO3. The Morgan fingerprint density at radius 3 is 2.85 bits per heavy atom. The van der Waals surface area contributed by atoms with Gasteiger partial charge in [0.15, 0.2) is 0 Å². The van der Waals surface area contributed by atoms with Crippen molar-refractivity contribution in [3.63, 3.8) is 0 Å². The van der Waals surface area contributed by atoms with Gasteiger partial charge in [-0.05, 0) is 38.3 Å².